The number of benzene rings is 1. The van der Waals surface area contributed by atoms with Gasteiger partial charge in [-0.15, -0.1) is 0 Å². The molecule has 1 amide bonds. The van der Waals surface area contributed by atoms with Crippen LogP contribution in [0.3, 0.4) is 0 Å². The first kappa shape index (κ1) is 15.5. The van der Waals surface area contributed by atoms with Crippen LogP contribution in [0.1, 0.15) is 16.1 Å². The largest absolute Gasteiger partial charge is 0.507 e. The lowest BCUT2D eigenvalue weighted by Crippen LogP contribution is -2.25. The van der Waals surface area contributed by atoms with Crippen LogP contribution in [-0.2, 0) is 6.42 Å². The summed E-state index contributed by atoms with van der Waals surface area (Å²) >= 11 is 0. The molecule has 3 aromatic rings. The number of phenolic OH excluding ortho intramolecular Hbond substituents is 1. The molecule has 0 atom stereocenters. The second-order valence-electron chi connectivity index (χ2n) is 5.16. The highest BCUT2D eigenvalue weighted by atomic mass is 16.6. The number of non-ortho nitro benzene ring substituents is 1. The summed E-state index contributed by atoms with van der Waals surface area (Å²) in [5.74, 6) is -0.916. The third-order valence-electron chi connectivity index (χ3n) is 3.52. The Morgan fingerprint density at radius 2 is 2.17 bits per heavy atom. The van der Waals surface area contributed by atoms with Gasteiger partial charge < -0.3 is 14.8 Å². The number of hydrogen-bond donors (Lipinski definition) is 2. The number of phenols is 1. The Morgan fingerprint density at radius 3 is 2.88 bits per heavy atom. The van der Waals surface area contributed by atoms with Crippen molar-refractivity contribution in [3.8, 4) is 5.75 Å². The second kappa shape index (κ2) is 6.37. The average Bonchev–Trinajstić information content (AvgIpc) is 2.97. The molecule has 2 aromatic heterocycles. The van der Waals surface area contributed by atoms with Crippen LogP contribution in [0.15, 0.2) is 48.8 Å². The number of amides is 1. The minimum Gasteiger partial charge on any atom is -0.507 e. The summed E-state index contributed by atoms with van der Waals surface area (Å²) in [6.45, 7) is 0.332. The Morgan fingerprint density at radius 1 is 1.33 bits per heavy atom. The summed E-state index contributed by atoms with van der Waals surface area (Å²) in [7, 11) is 0. The number of nitrogens with zero attached hydrogens (tertiary/aromatic N) is 3. The molecule has 3 rings (SSSR count). The van der Waals surface area contributed by atoms with Crippen LogP contribution in [-0.4, -0.2) is 31.9 Å². The van der Waals surface area contributed by atoms with Crippen molar-refractivity contribution in [2.75, 3.05) is 6.54 Å². The molecule has 122 valence electrons. The molecule has 0 unspecified atom stereocenters. The van der Waals surface area contributed by atoms with Crippen LogP contribution in [0.25, 0.3) is 5.65 Å². The maximum Gasteiger partial charge on any atom is 0.273 e. The number of nitro benzene ring substituents is 1. The zero-order chi connectivity index (χ0) is 17.1. The van der Waals surface area contributed by atoms with Gasteiger partial charge in [0.05, 0.1) is 22.2 Å². The molecule has 0 aliphatic heterocycles. The molecule has 0 aliphatic rings. The topological polar surface area (TPSA) is 110 Å². The fourth-order valence-electron chi connectivity index (χ4n) is 2.33. The van der Waals surface area contributed by atoms with Crippen LogP contribution in [0, 0.1) is 10.1 Å². The number of carbonyl (C=O) groups is 1. The first-order valence-corrected chi connectivity index (χ1v) is 7.23. The Labute approximate surface area is 136 Å². The highest BCUT2D eigenvalue weighted by molar-refractivity contribution is 5.97. The molecule has 0 radical (unpaired) electrons. The summed E-state index contributed by atoms with van der Waals surface area (Å²) in [5, 5.41) is 23.0. The van der Waals surface area contributed by atoms with Gasteiger partial charge in [-0.05, 0) is 18.2 Å². The lowest BCUT2D eigenvalue weighted by atomic mass is 10.1. The molecule has 2 N–H and O–H groups in total. The van der Waals surface area contributed by atoms with Gasteiger partial charge in [-0.3, -0.25) is 14.9 Å². The van der Waals surface area contributed by atoms with Gasteiger partial charge in [-0.1, -0.05) is 6.07 Å². The number of aromatic hydroxyl groups is 1. The summed E-state index contributed by atoms with van der Waals surface area (Å²) in [5.41, 5.74) is 1.38. The molecule has 2 heterocycles. The number of nitro groups is 1. The van der Waals surface area contributed by atoms with Crippen molar-refractivity contribution in [2.45, 2.75) is 6.42 Å². The van der Waals surface area contributed by atoms with Gasteiger partial charge in [0.2, 0.25) is 0 Å². The predicted molar refractivity (Wildman–Crippen MR) is 86.0 cm³/mol. The van der Waals surface area contributed by atoms with Crippen molar-refractivity contribution in [1.82, 2.24) is 14.7 Å². The number of aromatic nitrogens is 2. The van der Waals surface area contributed by atoms with Crippen LogP contribution in [0.4, 0.5) is 5.69 Å². The SMILES string of the molecule is O=C(NCCc1cn2ccccc2n1)c1ccc([N+](=O)[O-])cc1O. The standard InChI is InChI=1S/C16H14N4O4/c21-14-9-12(20(23)24)4-5-13(14)16(22)17-7-6-11-10-19-8-2-1-3-15(19)18-11/h1-5,8-10,21H,6-7H2,(H,17,22). The number of carbonyl (C=O) groups excluding carboxylic acids is 1. The molecule has 0 aliphatic carbocycles. The molecule has 8 nitrogen and oxygen atoms in total. The van der Waals surface area contributed by atoms with Crippen molar-refractivity contribution in [3.05, 3.63) is 70.2 Å². The van der Waals surface area contributed by atoms with Gasteiger partial charge >= 0.3 is 0 Å². The van der Waals surface area contributed by atoms with Crippen LogP contribution in [0.5, 0.6) is 5.75 Å². The van der Waals surface area contributed by atoms with Crippen LogP contribution in [0.2, 0.25) is 0 Å². The first-order valence-electron chi connectivity index (χ1n) is 7.23. The number of imidazole rings is 1. The van der Waals surface area contributed by atoms with E-state index in [1.54, 1.807) is 0 Å². The fraction of sp³-hybridized carbons (Fsp3) is 0.125. The number of fused-ring (bicyclic) bond motifs is 1. The number of nitrogens with one attached hydrogen (secondary N) is 1. The van der Waals surface area contributed by atoms with Gasteiger partial charge in [0.25, 0.3) is 11.6 Å². The third-order valence-corrected chi connectivity index (χ3v) is 3.52. The lowest BCUT2D eigenvalue weighted by molar-refractivity contribution is -0.384. The van der Waals surface area contributed by atoms with E-state index in [0.29, 0.717) is 13.0 Å². The van der Waals surface area contributed by atoms with E-state index >= 15 is 0 Å². The highest BCUT2D eigenvalue weighted by Gasteiger charge is 2.15. The van der Waals surface area contributed by atoms with Gasteiger partial charge in [-0.2, -0.15) is 0 Å². The van der Waals surface area contributed by atoms with Gasteiger partial charge in [-0.25, -0.2) is 4.98 Å². The van der Waals surface area contributed by atoms with E-state index in [1.165, 1.54) is 12.1 Å². The fourth-order valence-corrected chi connectivity index (χ4v) is 2.33. The zero-order valence-corrected chi connectivity index (χ0v) is 12.5. The van der Waals surface area contributed by atoms with Crippen molar-refractivity contribution >= 4 is 17.2 Å². The molecule has 0 spiro atoms. The second-order valence-corrected chi connectivity index (χ2v) is 5.16. The third kappa shape index (κ3) is 3.17. The maximum absolute atomic E-state index is 12.0. The van der Waals surface area contributed by atoms with E-state index in [4.69, 9.17) is 0 Å². The van der Waals surface area contributed by atoms with Crippen LogP contribution < -0.4 is 5.32 Å². The highest BCUT2D eigenvalue weighted by Crippen LogP contribution is 2.23. The van der Waals surface area contributed by atoms with Crippen molar-refractivity contribution in [1.29, 1.82) is 0 Å². The normalized spacial score (nSPS) is 10.7. The summed E-state index contributed by atoms with van der Waals surface area (Å²) in [6.07, 6.45) is 4.30. The number of rotatable bonds is 5. The van der Waals surface area contributed by atoms with E-state index in [0.717, 1.165) is 17.4 Å². The monoisotopic (exact) mass is 326 g/mol. The molecular formula is C16H14N4O4. The Kier molecular flexibility index (Phi) is 4.11. The molecule has 0 saturated heterocycles. The first-order chi connectivity index (χ1) is 11.5. The Hall–Kier alpha value is -3.42. The zero-order valence-electron chi connectivity index (χ0n) is 12.5. The molecule has 0 bridgehead atoms. The molecule has 24 heavy (non-hydrogen) atoms. The predicted octanol–water partition coefficient (Wildman–Crippen LogP) is 1.92. The molecule has 0 fully saturated rings. The maximum atomic E-state index is 12.0. The van der Waals surface area contributed by atoms with Gasteiger partial charge in [0, 0.05) is 31.4 Å². The summed E-state index contributed by atoms with van der Waals surface area (Å²) in [4.78, 5) is 26.4. The van der Waals surface area contributed by atoms with E-state index in [-0.39, 0.29) is 11.3 Å². The minimum absolute atomic E-state index is 0.00407. The lowest BCUT2D eigenvalue weighted by Gasteiger charge is -2.05. The summed E-state index contributed by atoms with van der Waals surface area (Å²) < 4.78 is 1.89. The minimum atomic E-state index is -0.634. The number of hydrogen-bond acceptors (Lipinski definition) is 5. The van der Waals surface area contributed by atoms with E-state index in [2.05, 4.69) is 10.3 Å². The Balaban J connectivity index is 1.62. The van der Waals surface area contributed by atoms with Crippen molar-refractivity contribution in [2.24, 2.45) is 0 Å². The smallest absolute Gasteiger partial charge is 0.273 e. The molecule has 8 heteroatoms. The summed E-state index contributed by atoms with van der Waals surface area (Å²) in [6, 6.07) is 9.04. The molecule has 1 aromatic carbocycles. The van der Waals surface area contributed by atoms with E-state index < -0.39 is 16.6 Å². The van der Waals surface area contributed by atoms with Crippen molar-refractivity contribution < 1.29 is 14.8 Å². The molecular weight excluding hydrogens is 312 g/mol. The van der Waals surface area contributed by atoms with E-state index in [1.807, 2.05) is 35.0 Å². The average molecular weight is 326 g/mol. The molecule has 0 saturated carbocycles. The van der Waals surface area contributed by atoms with E-state index in [9.17, 15) is 20.0 Å². The van der Waals surface area contributed by atoms with Crippen LogP contribution >= 0.6 is 0 Å². The van der Waals surface area contributed by atoms with Gasteiger partial charge in [0.1, 0.15) is 11.4 Å². The number of pyridine rings is 1. The van der Waals surface area contributed by atoms with Crippen molar-refractivity contribution in [3.63, 3.8) is 0 Å². The van der Waals surface area contributed by atoms with Gasteiger partial charge in [0.15, 0.2) is 0 Å². The Bertz CT molecular complexity index is 886. The quantitative estimate of drug-likeness (QED) is 0.550.